The van der Waals surface area contributed by atoms with Crippen molar-refractivity contribution in [2.24, 2.45) is 0 Å². The van der Waals surface area contributed by atoms with E-state index in [1.807, 2.05) is 33.6 Å². The minimum atomic E-state index is -0.647. The zero-order valence-corrected chi connectivity index (χ0v) is 9.47. The Hall–Kier alpha value is -1.75. The van der Waals surface area contributed by atoms with Gasteiger partial charge >= 0.3 is 5.97 Å². The van der Waals surface area contributed by atoms with Crippen LogP contribution in [-0.4, -0.2) is 5.97 Å². The van der Waals surface area contributed by atoms with Crippen LogP contribution in [0.4, 0.5) is 0 Å². The highest BCUT2D eigenvalue weighted by Gasteiger charge is 2.12. The Morgan fingerprint density at radius 3 is 2.07 bits per heavy atom. The van der Waals surface area contributed by atoms with Gasteiger partial charge in [-0.3, -0.25) is 0 Å². The molecule has 0 amide bonds. The second kappa shape index (κ2) is 4.18. The van der Waals surface area contributed by atoms with Crippen LogP contribution in [0.1, 0.15) is 22.3 Å². The van der Waals surface area contributed by atoms with Crippen molar-refractivity contribution in [2.75, 3.05) is 0 Å². The third-order valence-electron chi connectivity index (χ3n) is 2.61. The topological polar surface area (TPSA) is 26.3 Å². The second-order valence-corrected chi connectivity index (χ2v) is 3.62. The zero-order valence-electron chi connectivity index (χ0n) is 9.47. The molecule has 2 heteroatoms. The number of hydrogen-bond acceptors (Lipinski definition) is 2. The van der Waals surface area contributed by atoms with Gasteiger partial charge in [-0.25, -0.2) is 4.79 Å². The monoisotopic (exact) mass is 202 g/mol. The van der Waals surface area contributed by atoms with Gasteiger partial charge in [0.1, 0.15) is 5.75 Å². The fourth-order valence-electron chi connectivity index (χ4n) is 1.46. The number of carbonyl (C=O) groups excluding carboxylic acids is 1. The summed E-state index contributed by atoms with van der Waals surface area (Å²) in [6.07, 6.45) is 4.97. The van der Waals surface area contributed by atoms with Crippen molar-refractivity contribution in [1.82, 2.24) is 0 Å². The minimum absolute atomic E-state index is 0.593. The molecule has 2 nitrogen and oxygen atoms in total. The molecular formula is C13H14O2. The fourth-order valence-corrected chi connectivity index (χ4v) is 1.46. The van der Waals surface area contributed by atoms with Gasteiger partial charge in [0.2, 0.25) is 0 Å². The molecule has 0 bridgehead atoms. The summed E-state index contributed by atoms with van der Waals surface area (Å²) in [6, 6.07) is 2.07. The lowest BCUT2D eigenvalue weighted by molar-refractivity contribution is -0.128. The van der Waals surface area contributed by atoms with E-state index in [1.54, 1.807) is 0 Å². The van der Waals surface area contributed by atoms with Gasteiger partial charge in [0, 0.05) is 5.92 Å². The Balaban J connectivity index is 3.28. The molecule has 0 heterocycles. The van der Waals surface area contributed by atoms with Crippen molar-refractivity contribution in [3.05, 3.63) is 28.3 Å². The fraction of sp³-hybridized carbons (Fsp3) is 0.308. The van der Waals surface area contributed by atoms with E-state index in [9.17, 15) is 4.79 Å². The molecule has 0 saturated heterocycles. The summed E-state index contributed by atoms with van der Waals surface area (Å²) in [5, 5.41) is 0. The van der Waals surface area contributed by atoms with E-state index in [-0.39, 0.29) is 0 Å². The molecule has 0 unspecified atom stereocenters. The van der Waals surface area contributed by atoms with Crippen LogP contribution < -0.4 is 4.74 Å². The summed E-state index contributed by atoms with van der Waals surface area (Å²) < 4.78 is 5.11. The molecule has 0 saturated carbocycles. The molecule has 1 aromatic carbocycles. The average molecular weight is 202 g/mol. The highest BCUT2D eigenvalue weighted by atomic mass is 16.5. The van der Waals surface area contributed by atoms with Crippen LogP contribution in [0.5, 0.6) is 5.75 Å². The number of hydrogen-bond donors (Lipinski definition) is 0. The highest BCUT2D eigenvalue weighted by molar-refractivity contribution is 5.89. The van der Waals surface area contributed by atoms with Crippen molar-refractivity contribution in [3.63, 3.8) is 0 Å². The summed E-state index contributed by atoms with van der Waals surface area (Å²) in [6.45, 7) is 7.80. The molecule has 0 N–H and O–H groups in total. The molecule has 0 spiro atoms. The van der Waals surface area contributed by atoms with Crippen molar-refractivity contribution in [1.29, 1.82) is 0 Å². The van der Waals surface area contributed by atoms with Crippen LogP contribution in [0.15, 0.2) is 6.07 Å². The first kappa shape index (κ1) is 11.3. The third kappa shape index (κ3) is 2.19. The van der Waals surface area contributed by atoms with Crippen LogP contribution in [0, 0.1) is 40.0 Å². The van der Waals surface area contributed by atoms with Crippen molar-refractivity contribution in [2.45, 2.75) is 27.7 Å². The van der Waals surface area contributed by atoms with Gasteiger partial charge in [-0.1, -0.05) is 6.07 Å². The molecule has 15 heavy (non-hydrogen) atoms. The lowest BCUT2D eigenvalue weighted by Gasteiger charge is -2.13. The molecule has 78 valence electrons. The molecule has 0 fully saturated rings. The predicted molar refractivity (Wildman–Crippen MR) is 59.9 cm³/mol. The molecule has 0 radical (unpaired) electrons. The smallest absolute Gasteiger partial charge is 0.389 e. The molecule has 1 rings (SSSR count). The van der Waals surface area contributed by atoms with E-state index >= 15 is 0 Å². The summed E-state index contributed by atoms with van der Waals surface area (Å²) in [4.78, 5) is 11.0. The molecule has 0 aliphatic rings. The summed E-state index contributed by atoms with van der Waals surface area (Å²) in [5.74, 6) is 1.89. The Labute approximate surface area is 90.3 Å². The summed E-state index contributed by atoms with van der Waals surface area (Å²) in [5.41, 5.74) is 4.11. The van der Waals surface area contributed by atoms with Gasteiger partial charge in [0.15, 0.2) is 0 Å². The van der Waals surface area contributed by atoms with E-state index in [0.29, 0.717) is 5.75 Å². The maximum atomic E-state index is 11.0. The third-order valence-corrected chi connectivity index (χ3v) is 2.61. The predicted octanol–water partition coefficient (Wildman–Crippen LogP) is 2.46. The number of rotatable bonds is 1. The first-order chi connectivity index (χ1) is 6.97. The number of aryl methyl sites for hydroxylation is 2. The lowest BCUT2D eigenvalue weighted by Crippen LogP contribution is -2.08. The van der Waals surface area contributed by atoms with Crippen molar-refractivity contribution >= 4 is 5.97 Å². The van der Waals surface area contributed by atoms with Gasteiger partial charge in [-0.15, -0.1) is 6.42 Å². The molecule has 0 atom stereocenters. The Bertz CT molecular complexity index is 424. The molecule has 0 aliphatic carbocycles. The first-order valence-electron chi connectivity index (χ1n) is 4.73. The Morgan fingerprint density at radius 2 is 1.67 bits per heavy atom. The normalized spacial score (nSPS) is 9.53. The molecular weight excluding hydrogens is 188 g/mol. The number of carbonyl (C=O) groups is 1. The Kier molecular flexibility index (Phi) is 3.16. The second-order valence-electron chi connectivity index (χ2n) is 3.62. The SMILES string of the molecule is C#CC(=O)Oc1c(C)c(C)cc(C)c1C. The molecule has 0 aliphatic heterocycles. The van der Waals surface area contributed by atoms with E-state index in [1.165, 1.54) is 0 Å². The maximum absolute atomic E-state index is 11.0. The largest absolute Gasteiger partial charge is 0.416 e. The highest BCUT2D eigenvalue weighted by Crippen LogP contribution is 2.28. The van der Waals surface area contributed by atoms with Gasteiger partial charge in [0.05, 0.1) is 0 Å². The van der Waals surface area contributed by atoms with Crippen LogP contribution in [0.3, 0.4) is 0 Å². The average Bonchev–Trinajstić information content (AvgIpc) is 2.21. The maximum Gasteiger partial charge on any atom is 0.389 e. The van der Waals surface area contributed by atoms with Crippen LogP contribution in [-0.2, 0) is 4.79 Å². The van der Waals surface area contributed by atoms with E-state index < -0.39 is 5.97 Å². The quantitative estimate of drug-likeness (QED) is 0.302. The molecule has 0 aromatic heterocycles. The van der Waals surface area contributed by atoms with E-state index in [0.717, 1.165) is 22.3 Å². The number of terminal acetylenes is 1. The standard InChI is InChI=1S/C13H14O2/c1-6-12(14)15-13-10(4)8(2)7-9(3)11(13)5/h1,7H,2-5H3. The Morgan fingerprint density at radius 1 is 1.20 bits per heavy atom. The van der Waals surface area contributed by atoms with Gasteiger partial charge in [-0.05, 0) is 49.9 Å². The molecule has 1 aromatic rings. The number of esters is 1. The lowest BCUT2D eigenvalue weighted by atomic mass is 10.0. The first-order valence-corrected chi connectivity index (χ1v) is 4.73. The van der Waals surface area contributed by atoms with E-state index in [4.69, 9.17) is 11.2 Å². The van der Waals surface area contributed by atoms with Gasteiger partial charge in [0.25, 0.3) is 0 Å². The van der Waals surface area contributed by atoms with Crippen molar-refractivity contribution < 1.29 is 9.53 Å². The minimum Gasteiger partial charge on any atom is -0.416 e. The van der Waals surface area contributed by atoms with Crippen molar-refractivity contribution in [3.8, 4) is 18.1 Å². The number of benzene rings is 1. The van der Waals surface area contributed by atoms with Crippen LogP contribution in [0.25, 0.3) is 0 Å². The van der Waals surface area contributed by atoms with Crippen LogP contribution in [0.2, 0.25) is 0 Å². The zero-order chi connectivity index (χ0) is 11.6. The van der Waals surface area contributed by atoms with E-state index in [2.05, 4.69) is 6.07 Å². The summed E-state index contributed by atoms with van der Waals surface area (Å²) in [7, 11) is 0. The van der Waals surface area contributed by atoms with Gasteiger partial charge in [-0.2, -0.15) is 0 Å². The van der Waals surface area contributed by atoms with Crippen LogP contribution >= 0.6 is 0 Å². The van der Waals surface area contributed by atoms with Gasteiger partial charge < -0.3 is 4.74 Å². The number of ether oxygens (including phenoxy) is 1. The summed E-state index contributed by atoms with van der Waals surface area (Å²) >= 11 is 0.